The van der Waals surface area contributed by atoms with Crippen LogP contribution in [0.5, 0.6) is 0 Å². The van der Waals surface area contributed by atoms with Crippen LogP contribution in [-0.2, 0) is 4.79 Å². The van der Waals surface area contributed by atoms with E-state index in [1.807, 2.05) is 28.0 Å². The van der Waals surface area contributed by atoms with Crippen LogP contribution in [0, 0.1) is 11.7 Å². The molecular weight excluding hydrogens is 409 g/mol. The molecule has 2 saturated heterocycles. The number of carbonyl (C=O) groups excluding carboxylic acids is 3. The van der Waals surface area contributed by atoms with E-state index in [0.717, 1.165) is 12.8 Å². The Balaban J connectivity index is 1.45. The predicted molar refractivity (Wildman–Crippen MR) is 119 cm³/mol. The van der Waals surface area contributed by atoms with Gasteiger partial charge in [-0.2, -0.15) is 0 Å². The van der Waals surface area contributed by atoms with Gasteiger partial charge in [0.15, 0.2) is 0 Å². The summed E-state index contributed by atoms with van der Waals surface area (Å²) >= 11 is 0. The molecular formula is C25H28FN3O3. The van der Waals surface area contributed by atoms with Crippen molar-refractivity contribution in [1.82, 2.24) is 15.1 Å². The molecule has 1 N–H and O–H groups in total. The molecule has 2 aliphatic rings. The number of nitrogens with one attached hydrogen (secondary N) is 1. The maximum atomic E-state index is 13.3. The van der Waals surface area contributed by atoms with Gasteiger partial charge in [0.2, 0.25) is 5.91 Å². The number of hydrogen-bond donors (Lipinski definition) is 1. The Kier molecular flexibility index (Phi) is 6.83. The lowest BCUT2D eigenvalue weighted by Gasteiger charge is -2.37. The minimum Gasteiger partial charge on any atom is -0.341 e. The first-order valence-corrected chi connectivity index (χ1v) is 11.2. The number of nitrogens with zero attached hydrogens (tertiary/aromatic N) is 2. The zero-order valence-corrected chi connectivity index (χ0v) is 18.0. The maximum absolute atomic E-state index is 13.3. The number of halogens is 1. The number of likely N-dealkylation sites (tertiary alicyclic amines) is 2. The smallest absolute Gasteiger partial charge is 0.253 e. The van der Waals surface area contributed by atoms with Gasteiger partial charge in [-0.05, 0) is 68.0 Å². The Bertz CT molecular complexity index is 950. The number of hydrogen-bond acceptors (Lipinski definition) is 3. The normalized spacial score (nSPS) is 17.8. The summed E-state index contributed by atoms with van der Waals surface area (Å²) in [6, 6.07) is 13.8. The Morgan fingerprint density at radius 2 is 1.44 bits per heavy atom. The second kappa shape index (κ2) is 9.94. The molecule has 32 heavy (non-hydrogen) atoms. The molecule has 7 heteroatoms. The molecule has 2 aromatic carbocycles. The lowest BCUT2D eigenvalue weighted by atomic mass is 9.88. The fraction of sp³-hybridized carbons (Fsp3) is 0.400. The monoisotopic (exact) mass is 437 g/mol. The van der Waals surface area contributed by atoms with Crippen LogP contribution in [0.15, 0.2) is 54.6 Å². The quantitative estimate of drug-likeness (QED) is 0.782. The highest BCUT2D eigenvalue weighted by molar-refractivity contribution is 5.97. The highest BCUT2D eigenvalue weighted by Crippen LogP contribution is 2.25. The summed E-state index contributed by atoms with van der Waals surface area (Å²) in [6.07, 6.45) is 3.20. The highest BCUT2D eigenvalue weighted by Gasteiger charge is 2.37. The van der Waals surface area contributed by atoms with Gasteiger partial charge in [-0.3, -0.25) is 14.4 Å². The summed E-state index contributed by atoms with van der Waals surface area (Å²) in [5, 5.41) is 2.92. The molecule has 4 rings (SSSR count). The van der Waals surface area contributed by atoms with Crippen LogP contribution in [0.4, 0.5) is 4.39 Å². The van der Waals surface area contributed by atoms with Crippen LogP contribution >= 0.6 is 0 Å². The number of amides is 3. The molecule has 0 saturated carbocycles. The van der Waals surface area contributed by atoms with Gasteiger partial charge in [0.25, 0.3) is 11.8 Å². The van der Waals surface area contributed by atoms with Crippen LogP contribution < -0.4 is 5.32 Å². The Labute approximate surface area is 187 Å². The molecule has 3 amide bonds. The average molecular weight is 438 g/mol. The van der Waals surface area contributed by atoms with Crippen molar-refractivity contribution in [3.05, 3.63) is 71.5 Å². The molecule has 2 aliphatic heterocycles. The second-order valence-electron chi connectivity index (χ2n) is 8.49. The third kappa shape index (κ3) is 4.98. The van der Waals surface area contributed by atoms with Crippen LogP contribution in [0.25, 0.3) is 0 Å². The molecule has 1 atom stereocenters. The SMILES string of the molecule is O=C(N[C@@H](C(=O)N1CCCC1)C1CCN(C(=O)c2ccccc2)CC1)c1ccc(F)cc1. The van der Waals surface area contributed by atoms with Gasteiger partial charge in [0, 0.05) is 37.3 Å². The summed E-state index contributed by atoms with van der Waals surface area (Å²) < 4.78 is 13.2. The van der Waals surface area contributed by atoms with Gasteiger partial charge < -0.3 is 15.1 Å². The van der Waals surface area contributed by atoms with E-state index in [9.17, 15) is 18.8 Å². The molecule has 0 bridgehead atoms. The van der Waals surface area contributed by atoms with E-state index in [1.165, 1.54) is 24.3 Å². The van der Waals surface area contributed by atoms with Crippen molar-refractivity contribution in [3.8, 4) is 0 Å². The van der Waals surface area contributed by atoms with E-state index in [2.05, 4.69) is 5.32 Å². The summed E-state index contributed by atoms with van der Waals surface area (Å²) in [6.45, 7) is 2.48. The van der Waals surface area contributed by atoms with Gasteiger partial charge in [-0.1, -0.05) is 18.2 Å². The van der Waals surface area contributed by atoms with Crippen molar-refractivity contribution in [2.75, 3.05) is 26.2 Å². The van der Waals surface area contributed by atoms with E-state index < -0.39 is 11.9 Å². The largest absolute Gasteiger partial charge is 0.341 e. The molecule has 0 radical (unpaired) electrons. The van der Waals surface area contributed by atoms with Crippen LogP contribution in [0.1, 0.15) is 46.4 Å². The van der Waals surface area contributed by atoms with Crippen molar-refractivity contribution in [3.63, 3.8) is 0 Å². The summed E-state index contributed by atoms with van der Waals surface area (Å²) in [4.78, 5) is 42.5. The van der Waals surface area contributed by atoms with Crippen molar-refractivity contribution < 1.29 is 18.8 Å². The third-order valence-corrected chi connectivity index (χ3v) is 6.40. The highest BCUT2D eigenvalue weighted by atomic mass is 19.1. The lowest BCUT2D eigenvalue weighted by Crippen LogP contribution is -2.54. The number of benzene rings is 2. The van der Waals surface area contributed by atoms with Crippen LogP contribution in [0.3, 0.4) is 0 Å². The average Bonchev–Trinajstić information content (AvgIpc) is 3.38. The number of piperidine rings is 1. The van der Waals surface area contributed by atoms with E-state index in [4.69, 9.17) is 0 Å². The minimum absolute atomic E-state index is 0.0122. The third-order valence-electron chi connectivity index (χ3n) is 6.40. The van der Waals surface area contributed by atoms with Crippen molar-refractivity contribution in [2.45, 2.75) is 31.7 Å². The zero-order valence-electron chi connectivity index (χ0n) is 18.0. The summed E-state index contributed by atoms with van der Waals surface area (Å²) in [7, 11) is 0. The molecule has 2 aromatic rings. The van der Waals surface area contributed by atoms with E-state index in [-0.39, 0.29) is 23.6 Å². The Morgan fingerprint density at radius 1 is 0.812 bits per heavy atom. The Hall–Kier alpha value is -3.22. The van der Waals surface area contributed by atoms with Gasteiger partial charge >= 0.3 is 0 Å². The molecule has 168 valence electrons. The fourth-order valence-electron chi connectivity index (χ4n) is 4.54. The second-order valence-corrected chi connectivity index (χ2v) is 8.49. The van der Waals surface area contributed by atoms with Crippen molar-refractivity contribution in [1.29, 1.82) is 0 Å². The zero-order chi connectivity index (χ0) is 22.5. The van der Waals surface area contributed by atoms with E-state index in [0.29, 0.717) is 50.1 Å². The molecule has 2 heterocycles. The number of carbonyl (C=O) groups is 3. The van der Waals surface area contributed by atoms with Gasteiger partial charge in [-0.15, -0.1) is 0 Å². The summed E-state index contributed by atoms with van der Waals surface area (Å²) in [5.41, 5.74) is 0.975. The predicted octanol–water partition coefficient (Wildman–Crippen LogP) is 3.10. The molecule has 0 aromatic heterocycles. The standard InChI is InChI=1S/C25H28FN3O3/c26-21-10-8-19(9-11-21)23(30)27-22(25(32)28-14-4-5-15-28)18-12-16-29(17-13-18)24(31)20-6-2-1-3-7-20/h1-3,6-11,18,22H,4-5,12-17H2,(H,27,30)/t22-/m1/s1. The van der Waals surface area contributed by atoms with Crippen molar-refractivity contribution >= 4 is 17.7 Å². The summed E-state index contributed by atoms with van der Waals surface area (Å²) in [5.74, 6) is -0.938. The van der Waals surface area contributed by atoms with Gasteiger partial charge in [0.05, 0.1) is 0 Å². The molecule has 0 spiro atoms. The van der Waals surface area contributed by atoms with Crippen LogP contribution in [0.2, 0.25) is 0 Å². The minimum atomic E-state index is -0.653. The van der Waals surface area contributed by atoms with Gasteiger partial charge in [0.1, 0.15) is 11.9 Å². The molecule has 0 aliphatic carbocycles. The van der Waals surface area contributed by atoms with Crippen LogP contribution in [-0.4, -0.2) is 59.7 Å². The van der Waals surface area contributed by atoms with E-state index >= 15 is 0 Å². The molecule has 6 nitrogen and oxygen atoms in total. The maximum Gasteiger partial charge on any atom is 0.253 e. The Morgan fingerprint density at radius 3 is 2.06 bits per heavy atom. The molecule has 0 unspecified atom stereocenters. The first kappa shape index (κ1) is 22.0. The topological polar surface area (TPSA) is 69.7 Å². The van der Waals surface area contributed by atoms with Crippen molar-refractivity contribution in [2.24, 2.45) is 5.92 Å². The molecule has 2 fully saturated rings. The first-order chi connectivity index (χ1) is 15.5. The fourth-order valence-corrected chi connectivity index (χ4v) is 4.54. The number of rotatable bonds is 5. The first-order valence-electron chi connectivity index (χ1n) is 11.2. The van der Waals surface area contributed by atoms with Gasteiger partial charge in [-0.25, -0.2) is 4.39 Å². The lowest BCUT2D eigenvalue weighted by molar-refractivity contribution is -0.134. The van der Waals surface area contributed by atoms with E-state index in [1.54, 1.807) is 12.1 Å².